The first-order valence-electron chi connectivity index (χ1n) is 7.40. The van der Waals surface area contributed by atoms with Gasteiger partial charge in [0.15, 0.2) is 0 Å². The second-order valence-electron chi connectivity index (χ2n) is 5.76. The summed E-state index contributed by atoms with van der Waals surface area (Å²) >= 11 is 2.08. The summed E-state index contributed by atoms with van der Waals surface area (Å²) in [4.78, 5) is 2.64. The van der Waals surface area contributed by atoms with Crippen LogP contribution in [0.4, 0.5) is 0 Å². The summed E-state index contributed by atoms with van der Waals surface area (Å²) in [5.74, 6) is 2.52. The van der Waals surface area contributed by atoms with Gasteiger partial charge >= 0.3 is 0 Å². The normalized spacial score (nSPS) is 28.1. The van der Waals surface area contributed by atoms with Gasteiger partial charge < -0.3 is 10.1 Å². The summed E-state index contributed by atoms with van der Waals surface area (Å²) in [5, 5.41) is 10.8. The van der Waals surface area contributed by atoms with E-state index in [9.17, 15) is 0 Å². The topological polar surface area (TPSA) is 53.2 Å². The van der Waals surface area contributed by atoms with Gasteiger partial charge in [-0.05, 0) is 24.7 Å². The molecule has 6 heteroatoms. The maximum atomic E-state index is 5.50. The van der Waals surface area contributed by atoms with Crippen LogP contribution in [0.5, 0.6) is 0 Å². The standard InChI is InChI=1S/C14H24N4OS/c1-12-8-16-17-13(12)9-15-10-14(2-7-20-11-14)18-3-5-19-6-4-18/h8,15H,2-7,9-11H2,1H3,(H,16,17). The number of hydrogen-bond acceptors (Lipinski definition) is 5. The van der Waals surface area contributed by atoms with Gasteiger partial charge in [0.05, 0.1) is 25.1 Å². The lowest BCUT2D eigenvalue weighted by Gasteiger charge is -2.43. The lowest BCUT2D eigenvalue weighted by molar-refractivity contribution is -0.0134. The third kappa shape index (κ3) is 3.03. The molecule has 1 atom stereocenters. The van der Waals surface area contributed by atoms with Crippen molar-refractivity contribution in [3.63, 3.8) is 0 Å². The monoisotopic (exact) mass is 296 g/mol. The smallest absolute Gasteiger partial charge is 0.0594 e. The number of hydrogen-bond donors (Lipinski definition) is 2. The third-order valence-electron chi connectivity index (χ3n) is 4.45. The fourth-order valence-electron chi connectivity index (χ4n) is 3.11. The van der Waals surface area contributed by atoms with Crippen LogP contribution >= 0.6 is 11.8 Å². The second-order valence-corrected chi connectivity index (χ2v) is 6.87. The fourth-order valence-corrected chi connectivity index (χ4v) is 4.58. The van der Waals surface area contributed by atoms with Crippen LogP contribution in [-0.4, -0.2) is 65.0 Å². The first kappa shape index (κ1) is 14.4. The van der Waals surface area contributed by atoms with Crippen molar-refractivity contribution in [3.05, 3.63) is 17.5 Å². The Hall–Kier alpha value is -0.560. The maximum absolute atomic E-state index is 5.50. The number of ether oxygens (including phenoxy) is 1. The average molecular weight is 296 g/mol. The quantitative estimate of drug-likeness (QED) is 0.849. The molecule has 2 aliphatic rings. The zero-order valence-corrected chi connectivity index (χ0v) is 13.0. The highest BCUT2D eigenvalue weighted by Crippen LogP contribution is 2.33. The minimum atomic E-state index is 0.322. The predicted molar refractivity (Wildman–Crippen MR) is 82.1 cm³/mol. The molecule has 112 valence electrons. The van der Waals surface area contributed by atoms with E-state index in [-0.39, 0.29) is 0 Å². The van der Waals surface area contributed by atoms with E-state index in [4.69, 9.17) is 4.74 Å². The molecule has 0 aliphatic carbocycles. The molecule has 3 heterocycles. The Kier molecular flexibility index (Phi) is 4.65. The fraction of sp³-hybridized carbons (Fsp3) is 0.786. The van der Waals surface area contributed by atoms with E-state index < -0.39 is 0 Å². The molecule has 2 fully saturated rings. The Morgan fingerprint density at radius 1 is 1.50 bits per heavy atom. The summed E-state index contributed by atoms with van der Waals surface area (Å²) in [5.41, 5.74) is 2.76. The Morgan fingerprint density at radius 3 is 3.00 bits per heavy atom. The number of aromatic amines is 1. The average Bonchev–Trinajstić information content (AvgIpc) is 3.11. The molecule has 1 aromatic rings. The molecule has 0 bridgehead atoms. The Morgan fingerprint density at radius 2 is 2.35 bits per heavy atom. The number of nitrogens with one attached hydrogen (secondary N) is 2. The second kappa shape index (κ2) is 6.47. The van der Waals surface area contributed by atoms with Crippen molar-refractivity contribution in [2.75, 3.05) is 44.4 Å². The lowest BCUT2D eigenvalue weighted by atomic mass is 9.95. The van der Waals surface area contributed by atoms with Crippen LogP contribution in [0.25, 0.3) is 0 Å². The largest absolute Gasteiger partial charge is 0.379 e. The number of aromatic nitrogens is 2. The summed E-state index contributed by atoms with van der Waals surface area (Å²) in [7, 11) is 0. The number of morpholine rings is 1. The SMILES string of the molecule is Cc1cn[nH]c1CNCC1(N2CCOCC2)CCSC1. The van der Waals surface area contributed by atoms with Crippen LogP contribution in [0.3, 0.4) is 0 Å². The third-order valence-corrected chi connectivity index (χ3v) is 5.69. The molecule has 0 radical (unpaired) electrons. The van der Waals surface area contributed by atoms with Crippen LogP contribution in [0.1, 0.15) is 17.7 Å². The van der Waals surface area contributed by atoms with Crippen molar-refractivity contribution in [2.24, 2.45) is 0 Å². The first-order valence-corrected chi connectivity index (χ1v) is 8.56. The predicted octanol–water partition coefficient (Wildman–Crippen LogP) is 1.02. The van der Waals surface area contributed by atoms with E-state index in [1.807, 2.05) is 6.20 Å². The molecule has 1 aromatic heterocycles. The number of aryl methyl sites for hydroxylation is 1. The molecule has 0 amide bonds. The van der Waals surface area contributed by atoms with Crippen molar-refractivity contribution < 1.29 is 4.74 Å². The van der Waals surface area contributed by atoms with Crippen LogP contribution in [0, 0.1) is 6.92 Å². The van der Waals surface area contributed by atoms with Crippen LogP contribution in [0.2, 0.25) is 0 Å². The van der Waals surface area contributed by atoms with E-state index in [1.54, 1.807) is 0 Å². The molecule has 0 aromatic carbocycles. The van der Waals surface area contributed by atoms with Crippen LogP contribution in [-0.2, 0) is 11.3 Å². The van der Waals surface area contributed by atoms with Gasteiger partial charge in [-0.1, -0.05) is 0 Å². The van der Waals surface area contributed by atoms with E-state index >= 15 is 0 Å². The molecule has 20 heavy (non-hydrogen) atoms. The number of thioether (sulfide) groups is 1. The molecular weight excluding hydrogens is 272 g/mol. The molecule has 2 N–H and O–H groups in total. The molecular formula is C14H24N4OS. The summed E-state index contributed by atoms with van der Waals surface area (Å²) in [6, 6.07) is 0. The number of H-pyrrole nitrogens is 1. The van der Waals surface area contributed by atoms with E-state index in [0.29, 0.717) is 5.54 Å². The Bertz CT molecular complexity index is 425. The van der Waals surface area contributed by atoms with Crippen molar-refractivity contribution in [3.8, 4) is 0 Å². The van der Waals surface area contributed by atoms with Gasteiger partial charge in [-0.2, -0.15) is 16.9 Å². The van der Waals surface area contributed by atoms with E-state index in [2.05, 4.69) is 39.1 Å². The van der Waals surface area contributed by atoms with Gasteiger partial charge in [0, 0.05) is 37.5 Å². The van der Waals surface area contributed by atoms with Gasteiger partial charge in [0.2, 0.25) is 0 Å². The van der Waals surface area contributed by atoms with Crippen molar-refractivity contribution >= 4 is 11.8 Å². The number of rotatable bonds is 5. The van der Waals surface area contributed by atoms with Gasteiger partial charge in [0.1, 0.15) is 0 Å². The van der Waals surface area contributed by atoms with Crippen molar-refractivity contribution in [1.29, 1.82) is 0 Å². The highest BCUT2D eigenvalue weighted by molar-refractivity contribution is 7.99. The molecule has 2 aliphatic heterocycles. The van der Waals surface area contributed by atoms with Crippen LogP contribution < -0.4 is 5.32 Å². The first-order chi connectivity index (χ1) is 9.80. The number of nitrogens with zero attached hydrogens (tertiary/aromatic N) is 2. The van der Waals surface area contributed by atoms with Crippen molar-refractivity contribution in [1.82, 2.24) is 20.4 Å². The van der Waals surface area contributed by atoms with Gasteiger partial charge in [-0.15, -0.1) is 0 Å². The van der Waals surface area contributed by atoms with E-state index in [1.165, 1.54) is 29.2 Å². The minimum Gasteiger partial charge on any atom is -0.379 e. The highest BCUT2D eigenvalue weighted by atomic mass is 32.2. The molecule has 3 rings (SSSR count). The van der Waals surface area contributed by atoms with Crippen LogP contribution in [0.15, 0.2) is 6.20 Å². The minimum absolute atomic E-state index is 0.322. The molecule has 1 unspecified atom stereocenters. The molecule has 2 saturated heterocycles. The van der Waals surface area contributed by atoms with Gasteiger partial charge in [-0.25, -0.2) is 0 Å². The zero-order valence-electron chi connectivity index (χ0n) is 12.2. The highest BCUT2D eigenvalue weighted by Gasteiger charge is 2.40. The lowest BCUT2D eigenvalue weighted by Crippen LogP contribution is -2.58. The Balaban J connectivity index is 1.58. The summed E-state index contributed by atoms with van der Waals surface area (Å²) < 4.78 is 5.50. The summed E-state index contributed by atoms with van der Waals surface area (Å²) in [6.07, 6.45) is 3.17. The summed E-state index contributed by atoms with van der Waals surface area (Å²) in [6.45, 7) is 7.94. The molecule has 0 spiro atoms. The van der Waals surface area contributed by atoms with E-state index in [0.717, 1.165) is 39.4 Å². The van der Waals surface area contributed by atoms with Gasteiger partial charge in [0.25, 0.3) is 0 Å². The zero-order chi connectivity index (χ0) is 13.8. The Labute approximate surface area is 124 Å². The maximum Gasteiger partial charge on any atom is 0.0594 e. The van der Waals surface area contributed by atoms with Gasteiger partial charge in [-0.3, -0.25) is 10.00 Å². The van der Waals surface area contributed by atoms with Crippen molar-refractivity contribution in [2.45, 2.75) is 25.4 Å². The molecule has 5 nitrogen and oxygen atoms in total. The molecule has 0 saturated carbocycles.